The third kappa shape index (κ3) is 44.8. The first kappa shape index (κ1) is 90.3. The molecule has 0 aromatic carbocycles. The molecule has 0 aliphatic heterocycles. The van der Waals surface area contributed by atoms with Gasteiger partial charge < -0.3 is 19.8 Å². The molecule has 91 heavy (non-hydrogen) atoms. The second-order valence-electron chi connectivity index (χ2n) is 30.6. The zero-order chi connectivity index (χ0) is 66.8. The van der Waals surface area contributed by atoms with E-state index in [2.05, 4.69) is 67.2 Å². The van der Waals surface area contributed by atoms with Crippen LogP contribution in [0.4, 0.5) is 0 Å². The van der Waals surface area contributed by atoms with Crippen LogP contribution in [0, 0.1) is 10.8 Å². The largest absolute Gasteiger partial charge is 0.550 e. The number of carboxylic acids is 2. The Labute approximate surface area is 578 Å². The summed E-state index contributed by atoms with van der Waals surface area (Å²) < 4.78 is -1.28. The molecule has 0 amide bonds. The summed E-state index contributed by atoms with van der Waals surface area (Å²) in [6.45, 7) is 18.5. The van der Waals surface area contributed by atoms with Crippen LogP contribution in [0.5, 0.6) is 0 Å². The van der Waals surface area contributed by atoms with Gasteiger partial charge in [0.15, 0.2) is 0 Å². The van der Waals surface area contributed by atoms with Crippen LogP contribution in [0.3, 0.4) is 0 Å². The molecule has 0 saturated heterocycles. The van der Waals surface area contributed by atoms with Crippen LogP contribution < -0.4 is 10.2 Å². The van der Waals surface area contributed by atoms with E-state index in [1.165, 1.54) is 308 Å². The maximum Gasteiger partial charge on any atom is 0.0490 e. The SMILES string of the molecule is CCCCCCCCCCC(CCCCCCCCCC)(SC(CCCCCCCCCC)(CCCCCCCCCC)C(CCCCCCCCCC)(CCCCCCCCCC)C(=O)[O-])C(CCCCCCCCCC)(CCCCCCCCCC)C(=O)[O-]. The Hall–Kier alpha value is -0.710. The Bertz CT molecular complexity index is 1300. The summed E-state index contributed by atoms with van der Waals surface area (Å²) in [6, 6.07) is 0. The first-order chi connectivity index (χ1) is 44.6. The van der Waals surface area contributed by atoms with E-state index in [0.29, 0.717) is 25.7 Å². The first-order valence-corrected chi connectivity index (χ1v) is 43.5. The van der Waals surface area contributed by atoms with Gasteiger partial charge in [-0.2, -0.15) is 0 Å². The lowest BCUT2D eigenvalue weighted by molar-refractivity contribution is -0.323. The molecule has 4 nitrogen and oxygen atoms in total. The highest BCUT2D eigenvalue weighted by Gasteiger charge is 2.60. The van der Waals surface area contributed by atoms with Gasteiger partial charge in [0.25, 0.3) is 0 Å². The Balaban J connectivity index is 9.03. The van der Waals surface area contributed by atoms with E-state index in [4.69, 9.17) is 0 Å². The van der Waals surface area contributed by atoms with Crippen molar-refractivity contribution >= 4 is 23.7 Å². The highest BCUT2D eigenvalue weighted by molar-refractivity contribution is 8.02. The molecule has 5 heteroatoms. The van der Waals surface area contributed by atoms with Crippen LogP contribution in [0.1, 0.15) is 518 Å². The molecule has 0 bridgehead atoms. The summed E-state index contributed by atoms with van der Waals surface area (Å²) in [5, 5.41) is 31.4. The van der Waals surface area contributed by atoms with E-state index in [1.807, 2.05) is 0 Å². The zero-order valence-electron chi connectivity index (χ0n) is 64.0. The molecule has 0 aliphatic carbocycles. The van der Waals surface area contributed by atoms with Crippen LogP contribution in [-0.4, -0.2) is 21.4 Å². The van der Waals surface area contributed by atoms with Crippen molar-refractivity contribution in [3.63, 3.8) is 0 Å². The Kier molecular flexibility index (Phi) is 66.0. The van der Waals surface area contributed by atoms with Crippen molar-refractivity contribution in [1.82, 2.24) is 0 Å². The summed E-state index contributed by atoms with van der Waals surface area (Å²) in [5.74, 6) is -1.55. The van der Waals surface area contributed by atoms with Gasteiger partial charge in [-0.3, -0.25) is 0 Å². The summed E-state index contributed by atoms with van der Waals surface area (Å²) in [5.41, 5.74) is -2.08. The standard InChI is InChI=1S/C86H170O4S/c1-9-17-25-33-41-49-57-65-73-83(81(87)88,74-66-58-50-42-34-26-18-10-2)85(77-69-61-53-45-37-29-21-13-5,78-70-62-54-46-38-30-22-14-6)91-86(79-71-63-55-47-39-31-23-15-7,80-72-64-56-48-40-32-24-16-8)84(82(89)90,75-67-59-51-43-35-27-19-11-3)76-68-60-52-44-36-28-20-12-4/h9-80H2,1-8H3,(H,87,88)(H,89,90)/p-2. The quantitative estimate of drug-likeness (QED) is 0.0567. The molecule has 0 aromatic heterocycles. The molecule has 0 N–H and O–H groups in total. The number of unbranched alkanes of at least 4 members (excludes halogenated alkanes) is 56. The predicted octanol–water partition coefficient (Wildman–Crippen LogP) is 28.9. The molecule has 0 aliphatic rings. The second-order valence-corrected chi connectivity index (χ2v) is 32.4. The van der Waals surface area contributed by atoms with E-state index >= 15 is 19.8 Å². The average molecular weight is 1300 g/mol. The Morgan fingerprint density at radius 2 is 0.297 bits per heavy atom. The average Bonchev–Trinajstić information content (AvgIpc) is 0.742. The fourth-order valence-corrected chi connectivity index (χ4v) is 19.0. The molecular formula is C86H168O4S-2. The fourth-order valence-electron chi connectivity index (χ4n) is 16.3. The fraction of sp³-hybridized carbons (Fsp3) is 0.977. The number of hydrogen-bond acceptors (Lipinski definition) is 5. The van der Waals surface area contributed by atoms with Crippen molar-refractivity contribution in [3.05, 3.63) is 0 Å². The summed E-state index contributed by atoms with van der Waals surface area (Å²) in [6.07, 6.45) is 83.6. The number of carbonyl (C=O) groups is 2. The van der Waals surface area contributed by atoms with Crippen molar-refractivity contribution in [2.24, 2.45) is 10.8 Å². The molecular weight excluding hydrogens is 1130 g/mol. The monoisotopic (exact) mass is 1300 g/mol. The van der Waals surface area contributed by atoms with Gasteiger partial charge in [-0.1, -0.05) is 466 Å². The number of aliphatic carboxylic acids is 2. The second kappa shape index (κ2) is 66.5. The van der Waals surface area contributed by atoms with Gasteiger partial charge in [0, 0.05) is 32.3 Å². The van der Waals surface area contributed by atoms with E-state index in [9.17, 15) is 0 Å². The van der Waals surface area contributed by atoms with Crippen molar-refractivity contribution < 1.29 is 19.8 Å². The number of carboxylic acid groups (broad SMARTS) is 2. The number of thioether (sulfide) groups is 1. The topological polar surface area (TPSA) is 80.3 Å². The minimum atomic E-state index is -1.04. The smallest absolute Gasteiger partial charge is 0.0490 e. The van der Waals surface area contributed by atoms with Crippen molar-refractivity contribution in [2.75, 3.05) is 0 Å². The van der Waals surface area contributed by atoms with Gasteiger partial charge in [-0.05, 0) is 51.4 Å². The molecule has 0 saturated carbocycles. The van der Waals surface area contributed by atoms with Crippen LogP contribution in [0.15, 0.2) is 0 Å². The van der Waals surface area contributed by atoms with Gasteiger partial charge in [0.2, 0.25) is 0 Å². The third-order valence-electron chi connectivity index (χ3n) is 22.5. The van der Waals surface area contributed by atoms with Crippen molar-refractivity contribution in [2.45, 2.75) is 527 Å². The number of rotatable bonds is 78. The maximum atomic E-state index is 15.7. The summed E-state index contributed by atoms with van der Waals surface area (Å²) in [7, 11) is 0. The predicted molar refractivity (Wildman–Crippen MR) is 406 cm³/mol. The molecule has 0 atom stereocenters. The zero-order valence-corrected chi connectivity index (χ0v) is 64.8. The number of carbonyl (C=O) groups excluding carboxylic acids is 2. The molecule has 0 rings (SSSR count). The van der Waals surface area contributed by atoms with Gasteiger partial charge in [0.1, 0.15) is 0 Å². The highest BCUT2D eigenvalue weighted by Crippen LogP contribution is 2.66. The van der Waals surface area contributed by atoms with Crippen LogP contribution >= 0.6 is 11.8 Å². The lowest BCUT2D eigenvalue weighted by atomic mass is 9.63. The summed E-state index contributed by atoms with van der Waals surface area (Å²) in [4.78, 5) is 31.4. The van der Waals surface area contributed by atoms with E-state index in [1.54, 1.807) is 0 Å². The van der Waals surface area contributed by atoms with E-state index < -0.39 is 32.3 Å². The Morgan fingerprint density at radius 3 is 0.418 bits per heavy atom. The van der Waals surface area contributed by atoms with E-state index in [0.717, 1.165) is 128 Å². The molecule has 0 heterocycles. The van der Waals surface area contributed by atoms with Gasteiger partial charge in [-0.15, -0.1) is 11.8 Å². The van der Waals surface area contributed by atoms with Crippen LogP contribution in [-0.2, 0) is 9.59 Å². The molecule has 544 valence electrons. The van der Waals surface area contributed by atoms with Crippen molar-refractivity contribution in [3.8, 4) is 0 Å². The van der Waals surface area contributed by atoms with Gasteiger partial charge in [-0.25, -0.2) is 0 Å². The first-order valence-electron chi connectivity index (χ1n) is 42.7. The number of hydrogen-bond donors (Lipinski definition) is 0. The van der Waals surface area contributed by atoms with Crippen LogP contribution in [0.2, 0.25) is 0 Å². The maximum absolute atomic E-state index is 15.7. The lowest BCUT2D eigenvalue weighted by Crippen LogP contribution is -2.62. The van der Waals surface area contributed by atoms with Gasteiger partial charge >= 0.3 is 0 Å². The minimum Gasteiger partial charge on any atom is -0.550 e. The molecule has 0 aromatic rings. The Morgan fingerprint density at radius 1 is 0.187 bits per heavy atom. The normalized spacial score (nSPS) is 12.5. The third-order valence-corrected chi connectivity index (χ3v) is 24.9. The van der Waals surface area contributed by atoms with Gasteiger partial charge in [0.05, 0.1) is 0 Å². The minimum absolute atomic E-state index is 0.641. The lowest BCUT2D eigenvalue weighted by Gasteiger charge is -2.61. The molecule has 0 unspecified atom stereocenters. The van der Waals surface area contributed by atoms with Crippen molar-refractivity contribution in [1.29, 1.82) is 0 Å². The molecule has 0 spiro atoms. The van der Waals surface area contributed by atoms with Crippen LogP contribution in [0.25, 0.3) is 0 Å². The van der Waals surface area contributed by atoms with E-state index in [-0.39, 0.29) is 0 Å². The molecule has 0 fully saturated rings. The highest BCUT2D eigenvalue weighted by atomic mass is 32.2. The molecule has 0 radical (unpaired) electrons. The summed E-state index contributed by atoms with van der Waals surface area (Å²) >= 11 is 2.12.